The van der Waals surface area contributed by atoms with Gasteiger partial charge in [0.15, 0.2) is 0 Å². The molecule has 0 saturated heterocycles. The van der Waals surface area contributed by atoms with E-state index in [-0.39, 0.29) is 0 Å². The lowest BCUT2D eigenvalue weighted by Crippen LogP contribution is -2.29. The molecule has 0 fully saturated rings. The fourth-order valence-electron chi connectivity index (χ4n) is 0.569. The molecule has 0 aromatic carbocycles. The Bertz CT molecular complexity index is 33.4. The quantitative estimate of drug-likeness (QED) is 0.550. The second-order valence-corrected chi connectivity index (χ2v) is 2.22. The summed E-state index contributed by atoms with van der Waals surface area (Å²) < 4.78 is 0. The third-order valence-corrected chi connectivity index (χ3v) is 0.618. The molecular weight excluding hydrogens is 86.1 g/mol. The average molecular weight is 100 g/mol. The third kappa shape index (κ3) is 5.96. The van der Waals surface area contributed by atoms with E-state index in [4.69, 9.17) is 0 Å². The molecule has 0 aliphatic rings. The zero-order chi connectivity index (χ0) is 5.86. The molecule has 0 aromatic rings. The van der Waals surface area contributed by atoms with E-state index in [1.807, 2.05) is 6.92 Å². The Balaban J connectivity index is 2.95. The Labute approximate surface area is 46.1 Å². The minimum absolute atomic E-state index is 0.375. The molecule has 0 aromatic heterocycles. The minimum atomic E-state index is 0.375. The molecule has 0 heterocycles. The highest BCUT2D eigenvalue weighted by molar-refractivity contribution is 4.63. The van der Waals surface area contributed by atoms with Gasteiger partial charge in [0.05, 0.1) is 0 Å². The summed E-state index contributed by atoms with van der Waals surface area (Å²) in [5, 5.41) is 3.19. The van der Waals surface area contributed by atoms with Crippen LogP contribution in [-0.4, -0.2) is 12.1 Å². The zero-order valence-electron chi connectivity index (χ0n) is 5.36. The molecule has 0 aliphatic carbocycles. The van der Waals surface area contributed by atoms with Crippen molar-refractivity contribution < 1.29 is 0 Å². The molecular formula is C6H14N. The second kappa shape index (κ2) is 3.03. The van der Waals surface area contributed by atoms with Crippen molar-refractivity contribution in [2.24, 2.45) is 0 Å². The van der Waals surface area contributed by atoms with Crippen molar-refractivity contribution >= 4 is 0 Å². The highest BCUT2D eigenvalue weighted by Crippen LogP contribution is 1.80. The van der Waals surface area contributed by atoms with Crippen LogP contribution in [0.2, 0.25) is 0 Å². The van der Waals surface area contributed by atoms with Crippen molar-refractivity contribution in [2.75, 3.05) is 0 Å². The number of nitrogens with one attached hydrogen (secondary N) is 1. The molecule has 1 unspecified atom stereocenters. The van der Waals surface area contributed by atoms with Crippen LogP contribution in [0, 0.1) is 6.92 Å². The van der Waals surface area contributed by atoms with Crippen LogP contribution in [0.1, 0.15) is 20.8 Å². The third-order valence-electron chi connectivity index (χ3n) is 0.618. The first-order valence-electron chi connectivity index (χ1n) is 2.72. The molecule has 1 atom stereocenters. The summed E-state index contributed by atoms with van der Waals surface area (Å²) in [6.07, 6.45) is 0. The summed E-state index contributed by atoms with van der Waals surface area (Å²) in [6, 6.07) is 0.937. The van der Waals surface area contributed by atoms with Crippen LogP contribution >= 0.6 is 0 Å². The first-order valence-corrected chi connectivity index (χ1v) is 2.72. The van der Waals surface area contributed by atoms with Crippen molar-refractivity contribution in [3.63, 3.8) is 0 Å². The van der Waals surface area contributed by atoms with E-state index in [1.54, 1.807) is 0 Å². The van der Waals surface area contributed by atoms with Gasteiger partial charge in [0.2, 0.25) is 0 Å². The lowest BCUT2D eigenvalue weighted by atomic mass is 10.3. The van der Waals surface area contributed by atoms with Gasteiger partial charge in [0, 0.05) is 12.1 Å². The normalized spacial score (nSPS) is 11.1. The van der Waals surface area contributed by atoms with Gasteiger partial charge < -0.3 is 5.32 Å². The van der Waals surface area contributed by atoms with Gasteiger partial charge >= 0.3 is 0 Å². The Morgan fingerprint density at radius 3 is 1.71 bits per heavy atom. The van der Waals surface area contributed by atoms with Crippen LogP contribution in [0.25, 0.3) is 0 Å². The number of hydrogen-bond donors (Lipinski definition) is 1. The molecule has 0 bridgehead atoms. The van der Waals surface area contributed by atoms with Crippen molar-refractivity contribution in [2.45, 2.75) is 32.9 Å². The van der Waals surface area contributed by atoms with Crippen LogP contribution in [0.5, 0.6) is 0 Å². The van der Waals surface area contributed by atoms with E-state index in [1.165, 1.54) is 0 Å². The molecule has 1 heteroatoms. The largest absolute Gasteiger partial charge is 0.312 e. The van der Waals surface area contributed by atoms with E-state index < -0.39 is 0 Å². The van der Waals surface area contributed by atoms with Gasteiger partial charge in [-0.3, -0.25) is 0 Å². The van der Waals surface area contributed by atoms with Crippen molar-refractivity contribution in [1.29, 1.82) is 0 Å². The minimum Gasteiger partial charge on any atom is -0.312 e. The van der Waals surface area contributed by atoms with E-state index >= 15 is 0 Å². The highest BCUT2D eigenvalue weighted by atomic mass is 14.9. The Morgan fingerprint density at radius 2 is 1.71 bits per heavy atom. The average Bonchev–Trinajstić information content (AvgIpc) is 1.27. The van der Waals surface area contributed by atoms with Crippen LogP contribution in [0.4, 0.5) is 0 Å². The van der Waals surface area contributed by atoms with Gasteiger partial charge in [0.25, 0.3) is 0 Å². The van der Waals surface area contributed by atoms with Crippen LogP contribution in [-0.2, 0) is 0 Å². The van der Waals surface area contributed by atoms with Crippen LogP contribution < -0.4 is 5.32 Å². The van der Waals surface area contributed by atoms with Gasteiger partial charge in [-0.25, -0.2) is 0 Å². The van der Waals surface area contributed by atoms with Gasteiger partial charge in [-0.15, -0.1) is 0 Å². The topological polar surface area (TPSA) is 12.0 Å². The summed E-state index contributed by atoms with van der Waals surface area (Å²) >= 11 is 0. The summed E-state index contributed by atoms with van der Waals surface area (Å²) in [4.78, 5) is 0. The van der Waals surface area contributed by atoms with E-state index in [0.717, 1.165) is 0 Å². The smallest absolute Gasteiger partial charge is 0.00416 e. The number of rotatable bonds is 2. The van der Waals surface area contributed by atoms with Crippen LogP contribution in [0.3, 0.4) is 0 Å². The second-order valence-electron chi connectivity index (χ2n) is 2.22. The Morgan fingerprint density at radius 1 is 1.29 bits per heavy atom. The van der Waals surface area contributed by atoms with Crippen molar-refractivity contribution in [3.05, 3.63) is 6.92 Å². The van der Waals surface area contributed by atoms with Gasteiger partial charge in [-0.2, -0.15) is 0 Å². The molecule has 1 nitrogen and oxygen atoms in total. The van der Waals surface area contributed by atoms with E-state index in [9.17, 15) is 0 Å². The molecule has 0 aliphatic heterocycles. The van der Waals surface area contributed by atoms with E-state index in [0.29, 0.717) is 12.1 Å². The number of hydrogen-bond acceptors (Lipinski definition) is 1. The molecule has 1 radical (unpaired) electrons. The predicted octanol–water partition coefficient (Wildman–Crippen LogP) is 1.21. The Hall–Kier alpha value is -0.0400. The van der Waals surface area contributed by atoms with Gasteiger partial charge in [0.1, 0.15) is 0 Å². The van der Waals surface area contributed by atoms with Gasteiger partial charge in [-0.05, 0) is 13.8 Å². The summed E-state index contributed by atoms with van der Waals surface area (Å²) in [6.45, 7) is 10.0. The zero-order valence-corrected chi connectivity index (χ0v) is 5.36. The summed E-state index contributed by atoms with van der Waals surface area (Å²) in [7, 11) is 0. The molecule has 0 amide bonds. The monoisotopic (exact) mass is 100 g/mol. The summed E-state index contributed by atoms with van der Waals surface area (Å²) in [5.74, 6) is 0. The molecule has 7 heavy (non-hydrogen) atoms. The first kappa shape index (κ1) is 6.96. The lowest BCUT2D eigenvalue weighted by Gasteiger charge is -2.09. The first-order chi connectivity index (χ1) is 3.13. The molecule has 43 valence electrons. The van der Waals surface area contributed by atoms with Crippen molar-refractivity contribution in [3.8, 4) is 0 Å². The molecule has 1 N–H and O–H groups in total. The molecule has 0 saturated carbocycles. The Kier molecular flexibility index (Phi) is 3.01. The maximum absolute atomic E-state index is 3.77. The van der Waals surface area contributed by atoms with Crippen LogP contribution in [0.15, 0.2) is 0 Å². The fraction of sp³-hybridized carbons (Fsp3) is 0.833. The SMILES string of the molecule is [CH2]C(C)NC(C)C. The maximum Gasteiger partial charge on any atom is 0.00416 e. The summed E-state index contributed by atoms with van der Waals surface area (Å²) in [5.41, 5.74) is 0. The van der Waals surface area contributed by atoms with E-state index in [2.05, 4.69) is 26.1 Å². The highest BCUT2D eigenvalue weighted by Gasteiger charge is 1.92. The maximum atomic E-state index is 3.77. The fourth-order valence-corrected chi connectivity index (χ4v) is 0.569. The lowest BCUT2D eigenvalue weighted by molar-refractivity contribution is 0.547. The molecule has 0 spiro atoms. The van der Waals surface area contributed by atoms with Crippen molar-refractivity contribution in [1.82, 2.24) is 5.32 Å². The molecule has 0 rings (SSSR count). The predicted molar refractivity (Wildman–Crippen MR) is 33.1 cm³/mol. The van der Waals surface area contributed by atoms with Gasteiger partial charge in [-0.1, -0.05) is 13.8 Å². The standard InChI is InChI=1S/C6H14N/c1-5(2)7-6(3)4/h5-7H,1H2,2-4H3.